The molecular weight excluding hydrogens is 439 g/mol. The second kappa shape index (κ2) is 8.83. The fraction of sp³-hybridized carbons (Fsp3) is 0.556. The molecule has 3 rings (SSSR count). The number of carboxylic acid groups (broad SMARTS) is 1. The van der Waals surface area contributed by atoms with Crippen LogP contribution in [0.1, 0.15) is 50.7 Å². The second-order valence-corrected chi connectivity index (χ2v) is 8.24. The molecule has 1 saturated heterocycles. The zero-order valence-electron chi connectivity index (χ0n) is 17.0. The van der Waals surface area contributed by atoms with Gasteiger partial charge in [0.2, 0.25) is 0 Å². The van der Waals surface area contributed by atoms with Crippen LogP contribution in [0.25, 0.3) is 0 Å². The molecular formula is C18H22F3N5O4S. The Hall–Kier alpha value is -2.67. The van der Waals surface area contributed by atoms with Crippen LogP contribution in [-0.4, -0.2) is 64.3 Å². The third kappa shape index (κ3) is 4.82. The van der Waals surface area contributed by atoms with E-state index in [1.807, 2.05) is 4.90 Å². The second-order valence-electron chi connectivity index (χ2n) is 7.06. The number of H-pyrrole nitrogens is 1. The van der Waals surface area contributed by atoms with E-state index in [4.69, 9.17) is 4.74 Å². The van der Waals surface area contributed by atoms with Crippen molar-refractivity contribution in [2.75, 3.05) is 25.1 Å². The van der Waals surface area contributed by atoms with E-state index in [0.29, 0.717) is 29.5 Å². The van der Waals surface area contributed by atoms with Crippen LogP contribution in [0.3, 0.4) is 0 Å². The van der Waals surface area contributed by atoms with Crippen LogP contribution in [-0.2, 0) is 17.3 Å². The Morgan fingerprint density at radius 1 is 1.39 bits per heavy atom. The number of carboxylic acids is 1. The van der Waals surface area contributed by atoms with E-state index in [0.717, 1.165) is 0 Å². The van der Waals surface area contributed by atoms with Gasteiger partial charge in [-0.2, -0.15) is 13.2 Å². The molecule has 0 radical (unpaired) electrons. The van der Waals surface area contributed by atoms with Gasteiger partial charge in [0.05, 0.1) is 12.1 Å². The quantitative estimate of drug-likeness (QED) is 0.604. The maximum Gasteiger partial charge on any atom is 0.435 e. The normalized spacial score (nSPS) is 19.5. The van der Waals surface area contributed by atoms with Gasteiger partial charge < -0.3 is 25.0 Å². The van der Waals surface area contributed by atoms with Crippen molar-refractivity contribution in [3.05, 3.63) is 27.8 Å². The van der Waals surface area contributed by atoms with Gasteiger partial charge >= 0.3 is 12.1 Å². The number of anilines is 1. The predicted octanol–water partition coefficient (Wildman–Crippen LogP) is 2.48. The number of thiazole rings is 1. The van der Waals surface area contributed by atoms with E-state index in [1.54, 1.807) is 6.92 Å². The first kappa shape index (κ1) is 23.0. The smallest absolute Gasteiger partial charge is 0.435 e. The molecule has 2 atom stereocenters. The molecule has 0 unspecified atom stereocenters. The lowest BCUT2D eigenvalue weighted by Gasteiger charge is -2.37. The number of nitrogens with zero attached hydrogens (tertiary/aromatic N) is 3. The van der Waals surface area contributed by atoms with Gasteiger partial charge in [-0.1, -0.05) is 6.92 Å². The number of piperidine rings is 1. The summed E-state index contributed by atoms with van der Waals surface area (Å²) in [6, 6.07) is -0.460. The van der Waals surface area contributed by atoms with Crippen LogP contribution in [0.15, 0.2) is 0 Å². The van der Waals surface area contributed by atoms with E-state index >= 15 is 0 Å². The SMILES string of the molecule is CCc1[nH]c(C(=O)N[C@@H]2CCN(c3nc(C(=O)O)c(C)s3)C[C@@H]2OC)nc1C(F)(F)F. The lowest BCUT2D eigenvalue weighted by Crippen LogP contribution is -2.55. The predicted molar refractivity (Wildman–Crippen MR) is 106 cm³/mol. The Bertz CT molecular complexity index is 974. The molecule has 170 valence electrons. The van der Waals surface area contributed by atoms with Gasteiger partial charge in [-0.25, -0.2) is 14.8 Å². The molecule has 0 aromatic carbocycles. The lowest BCUT2D eigenvalue weighted by molar-refractivity contribution is -0.141. The maximum atomic E-state index is 13.1. The highest BCUT2D eigenvalue weighted by molar-refractivity contribution is 7.15. The Labute approximate surface area is 179 Å². The number of rotatable bonds is 6. The van der Waals surface area contributed by atoms with Crippen molar-refractivity contribution in [1.29, 1.82) is 0 Å². The number of carbonyl (C=O) groups excluding carboxylic acids is 1. The van der Waals surface area contributed by atoms with Crippen molar-refractivity contribution in [3.8, 4) is 0 Å². The van der Waals surface area contributed by atoms with Crippen LogP contribution in [0.5, 0.6) is 0 Å². The summed E-state index contributed by atoms with van der Waals surface area (Å²) in [6.45, 7) is 4.01. The molecule has 31 heavy (non-hydrogen) atoms. The number of hydrogen-bond acceptors (Lipinski definition) is 7. The topological polar surface area (TPSA) is 120 Å². The minimum Gasteiger partial charge on any atom is -0.476 e. The minimum atomic E-state index is -4.65. The Morgan fingerprint density at radius 2 is 2.10 bits per heavy atom. The molecule has 0 saturated carbocycles. The highest BCUT2D eigenvalue weighted by atomic mass is 32.1. The number of carbonyl (C=O) groups is 2. The standard InChI is InChI=1S/C18H22F3N5O4S/c1-4-9-13(18(19,20)21)25-14(22-9)15(27)23-10-5-6-26(7-11(10)30-3)17-24-12(16(28)29)8(2)31-17/h10-11H,4-7H2,1-3H3,(H,22,25)(H,23,27)(H,28,29)/t10-,11+/m1/s1. The van der Waals surface area contributed by atoms with E-state index in [2.05, 4.69) is 20.3 Å². The third-order valence-electron chi connectivity index (χ3n) is 5.05. The number of aromatic carboxylic acids is 1. The van der Waals surface area contributed by atoms with E-state index in [1.165, 1.54) is 25.4 Å². The number of nitrogens with one attached hydrogen (secondary N) is 2. The summed E-state index contributed by atoms with van der Waals surface area (Å²) in [5, 5.41) is 12.4. The Morgan fingerprint density at radius 3 is 2.61 bits per heavy atom. The lowest BCUT2D eigenvalue weighted by atomic mass is 10.0. The molecule has 1 aliphatic rings. The average molecular weight is 461 g/mol. The van der Waals surface area contributed by atoms with Gasteiger partial charge in [0, 0.05) is 30.8 Å². The summed E-state index contributed by atoms with van der Waals surface area (Å²) in [5.74, 6) is -2.25. The number of halogens is 3. The van der Waals surface area contributed by atoms with Crippen molar-refractivity contribution in [2.24, 2.45) is 0 Å². The van der Waals surface area contributed by atoms with Gasteiger partial charge in [-0.15, -0.1) is 11.3 Å². The highest BCUT2D eigenvalue weighted by Crippen LogP contribution is 2.31. The molecule has 1 fully saturated rings. The van der Waals surface area contributed by atoms with Crippen LogP contribution in [0, 0.1) is 6.92 Å². The number of ether oxygens (including phenoxy) is 1. The summed E-state index contributed by atoms with van der Waals surface area (Å²) in [5.41, 5.74) is -1.25. The summed E-state index contributed by atoms with van der Waals surface area (Å²) in [4.78, 5) is 36.3. The summed E-state index contributed by atoms with van der Waals surface area (Å²) >= 11 is 1.25. The van der Waals surface area contributed by atoms with Crippen LogP contribution < -0.4 is 10.2 Å². The molecule has 2 aromatic rings. The number of methoxy groups -OCH3 is 1. The number of aromatic nitrogens is 3. The average Bonchev–Trinajstić information content (AvgIpc) is 3.32. The fourth-order valence-electron chi connectivity index (χ4n) is 3.45. The number of imidazole rings is 1. The van der Waals surface area contributed by atoms with Gasteiger partial charge in [0.25, 0.3) is 5.91 Å². The third-order valence-corrected chi connectivity index (χ3v) is 6.08. The van der Waals surface area contributed by atoms with Crippen molar-refractivity contribution >= 4 is 28.3 Å². The maximum absolute atomic E-state index is 13.1. The number of aromatic amines is 1. The van der Waals surface area contributed by atoms with Crippen molar-refractivity contribution in [1.82, 2.24) is 20.3 Å². The number of aryl methyl sites for hydroxylation is 2. The first-order valence-corrected chi connectivity index (χ1v) is 10.3. The van der Waals surface area contributed by atoms with Crippen LogP contribution >= 0.6 is 11.3 Å². The van der Waals surface area contributed by atoms with Gasteiger partial charge in [0.15, 0.2) is 22.3 Å². The fourth-order valence-corrected chi connectivity index (χ4v) is 4.39. The van der Waals surface area contributed by atoms with Gasteiger partial charge in [-0.3, -0.25) is 4.79 Å². The molecule has 9 nitrogen and oxygen atoms in total. The first-order chi connectivity index (χ1) is 14.5. The van der Waals surface area contributed by atoms with Crippen LogP contribution in [0.4, 0.5) is 18.3 Å². The molecule has 0 aliphatic carbocycles. The van der Waals surface area contributed by atoms with Gasteiger partial charge in [-0.05, 0) is 19.8 Å². The van der Waals surface area contributed by atoms with Gasteiger partial charge in [0.1, 0.15) is 0 Å². The molecule has 3 N–H and O–H groups in total. The van der Waals surface area contributed by atoms with Crippen molar-refractivity contribution < 1.29 is 32.6 Å². The van der Waals surface area contributed by atoms with E-state index in [9.17, 15) is 27.9 Å². The largest absolute Gasteiger partial charge is 0.476 e. The molecule has 13 heteroatoms. The number of amides is 1. The molecule has 0 bridgehead atoms. The molecule has 2 aromatic heterocycles. The number of alkyl halides is 3. The van der Waals surface area contributed by atoms with Crippen molar-refractivity contribution in [2.45, 2.75) is 45.0 Å². The summed E-state index contributed by atoms with van der Waals surface area (Å²) < 4.78 is 44.7. The highest BCUT2D eigenvalue weighted by Gasteiger charge is 2.38. The molecule has 1 amide bonds. The minimum absolute atomic E-state index is 0.00518. The zero-order chi connectivity index (χ0) is 22.9. The van der Waals surface area contributed by atoms with Crippen LogP contribution in [0.2, 0.25) is 0 Å². The van der Waals surface area contributed by atoms with Crippen molar-refractivity contribution in [3.63, 3.8) is 0 Å². The molecule has 3 heterocycles. The summed E-state index contributed by atoms with van der Waals surface area (Å²) in [6.07, 6.45) is -4.64. The monoisotopic (exact) mass is 461 g/mol. The molecule has 0 spiro atoms. The summed E-state index contributed by atoms with van der Waals surface area (Å²) in [7, 11) is 1.47. The molecule has 1 aliphatic heterocycles. The Kier molecular flexibility index (Phi) is 6.55. The first-order valence-electron chi connectivity index (χ1n) is 9.50. The Balaban J connectivity index is 1.71. The van der Waals surface area contributed by atoms with E-state index < -0.39 is 41.7 Å². The zero-order valence-corrected chi connectivity index (χ0v) is 17.9. The van der Waals surface area contributed by atoms with E-state index in [-0.39, 0.29) is 17.8 Å². The number of hydrogen-bond donors (Lipinski definition) is 3.